The fourth-order valence-electron chi connectivity index (χ4n) is 2.27. The predicted molar refractivity (Wildman–Crippen MR) is 90.2 cm³/mol. The fourth-order valence-corrected chi connectivity index (χ4v) is 8.57. The Kier molecular flexibility index (Phi) is 8.91. The van der Waals surface area contributed by atoms with Crippen molar-refractivity contribution in [3.05, 3.63) is 0 Å². The summed E-state index contributed by atoms with van der Waals surface area (Å²) in [5.41, 5.74) is 0. The first-order valence-electron chi connectivity index (χ1n) is 7.52. The molecular formula is C14H28O2S3. The zero-order valence-electron chi connectivity index (χ0n) is 12.3. The van der Waals surface area contributed by atoms with E-state index >= 15 is 0 Å². The maximum Gasteiger partial charge on any atom is 0.152 e. The zero-order valence-corrected chi connectivity index (χ0v) is 14.7. The third-order valence-corrected chi connectivity index (χ3v) is 8.63. The molecule has 5 heteroatoms. The second-order valence-electron chi connectivity index (χ2n) is 5.31. The second kappa shape index (κ2) is 9.56. The highest BCUT2D eigenvalue weighted by molar-refractivity contribution is 8.06. The van der Waals surface area contributed by atoms with Gasteiger partial charge in [-0.25, -0.2) is 8.42 Å². The number of hydrogen-bond acceptors (Lipinski definition) is 4. The molecule has 0 aromatic carbocycles. The number of unbranched alkanes of at least 4 members (excludes halogenated alkanes) is 4. The van der Waals surface area contributed by atoms with E-state index in [1.165, 1.54) is 38.5 Å². The monoisotopic (exact) mass is 324 g/mol. The Morgan fingerprint density at radius 1 is 0.842 bits per heavy atom. The van der Waals surface area contributed by atoms with Crippen LogP contribution in [-0.2, 0) is 9.84 Å². The molecule has 1 aliphatic rings. The lowest BCUT2D eigenvalue weighted by atomic mass is 10.3. The molecule has 0 aliphatic carbocycles. The van der Waals surface area contributed by atoms with Crippen LogP contribution in [0, 0.1) is 0 Å². The van der Waals surface area contributed by atoms with E-state index in [2.05, 4.69) is 13.8 Å². The van der Waals surface area contributed by atoms with Gasteiger partial charge in [-0.1, -0.05) is 39.5 Å². The van der Waals surface area contributed by atoms with E-state index < -0.39 is 9.84 Å². The van der Waals surface area contributed by atoms with Gasteiger partial charge in [-0.15, -0.1) is 0 Å². The van der Waals surface area contributed by atoms with Crippen LogP contribution in [0.3, 0.4) is 0 Å². The molecule has 1 saturated heterocycles. The molecule has 19 heavy (non-hydrogen) atoms. The van der Waals surface area contributed by atoms with E-state index in [-0.39, 0.29) is 0 Å². The minimum atomic E-state index is -2.77. The van der Waals surface area contributed by atoms with Crippen LogP contribution in [0.1, 0.15) is 52.4 Å². The summed E-state index contributed by atoms with van der Waals surface area (Å²) in [7, 11) is -2.77. The molecule has 0 N–H and O–H groups in total. The van der Waals surface area contributed by atoms with Crippen LogP contribution in [0.4, 0.5) is 0 Å². The van der Waals surface area contributed by atoms with Gasteiger partial charge in [0.25, 0.3) is 0 Å². The van der Waals surface area contributed by atoms with Crippen molar-refractivity contribution in [1.82, 2.24) is 0 Å². The molecule has 1 fully saturated rings. The topological polar surface area (TPSA) is 34.1 Å². The van der Waals surface area contributed by atoms with Gasteiger partial charge in [0.2, 0.25) is 0 Å². The van der Waals surface area contributed by atoms with Gasteiger partial charge in [0.1, 0.15) is 0 Å². The fraction of sp³-hybridized carbons (Fsp3) is 1.00. The molecule has 1 aliphatic heterocycles. The Morgan fingerprint density at radius 2 is 1.26 bits per heavy atom. The third-order valence-electron chi connectivity index (χ3n) is 3.41. The molecule has 1 heterocycles. The quantitative estimate of drug-likeness (QED) is 0.569. The van der Waals surface area contributed by atoms with Crippen LogP contribution < -0.4 is 0 Å². The molecule has 2 atom stereocenters. The molecule has 0 amide bonds. The smallest absolute Gasteiger partial charge is 0.152 e. The van der Waals surface area contributed by atoms with E-state index in [1.54, 1.807) is 0 Å². The normalized spacial score (nSPS) is 25.8. The highest BCUT2D eigenvalue weighted by atomic mass is 32.2. The van der Waals surface area contributed by atoms with Gasteiger partial charge in [0, 0.05) is 10.5 Å². The van der Waals surface area contributed by atoms with Crippen molar-refractivity contribution < 1.29 is 8.42 Å². The molecule has 0 unspecified atom stereocenters. The first-order valence-corrected chi connectivity index (χ1v) is 11.4. The number of sulfone groups is 1. The lowest BCUT2D eigenvalue weighted by Gasteiger charge is -2.17. The molecule has 0 radical (unpaired) electrons. The first-order chi connectivity index (χ1) is 9.09. The number of rotatable bonds is 10. The Bertz CT molecular complexity index is 302. The molecule has 114 valence electrons. The van der Waals surface area contributed by atoms with E-state index in [9.17, 15) is 8.42 Å². The summed E-state index contributed by atoms with van der Waals surface area (Å²) in [4.78, 5) is 0. The van der Waals surface area contributed by atoms with Crippen LogP contribution in [0.25, 0.3) is 0 Å². The van der Waals surface area contributed by atoms with Crippen molar-refractivity contribution in [3.63, 3.8) is 0 Å². The molecule has 1 rings (SSSR count). The van der Waals surface area contributed by atoms with Gasteiger partial charge in [-0.2, -0.15) is 23.5 Å². The molecule has 2 nitrogen and oxygen atoms in total. The van der Waals surface area contributed by atoms with Crippen LogP contribution >= 0.6 is 23.5 Å². The van der Waals surface area contributed by atoms with Crippen LogP contribution in [0.2, 0.25) is 0 Å². The van der Waals surface area contributed by atoms with Gasteiger partial charge in [-0.05, 0) is 24.3 Å². The van der Waals surface area contributed by atoms with Gasteiger partial charge in [0.05, 0.1) is 11.5 Å². The average Bonchev–Trinajstić information content (AvgIpc) is 2.65. The minimum absolute atomic E-state index is 0.341. The summed E-state index contributed by atoms with van der Waals surface area (Å²) in [5, 5.41) is 0.682. The third kappa shape index (κ3) is 7.28. The summed E-state index contributed by atoms with van der Waals surface area (Å²) in [6.45, 7) is 4.41. The predicted octanol–water partition coefficient (Wildman–Crippen LogP) is 4.00. The minimum Gasteiger partial charge on any atom is -0.229 e. The van der Waals surface area contributed by atoms with Crippen molar-refractivity contribution in [2.24, 2.45) is 0 Å². The van der Waals surface area contributed by atoms with Gasteiger partial charge in [0.15, 0.2) is 9.84 Å². The molecular weight excluding hydrogens is 296 g/mol. The van der Waals surface area contributed by atoms with Gasteiger partial charge in [-0.3, -0.25) is 0 Å². The Balaban J connectivity index is 2.32. The van der Waals surface area contributed by atoms with E-state index in [0.29, 0.717) is 22.0 Å². The lowest BCUT2D eigenvalue weighted by molar-refractivity contribution is 0.602. The lowest BCUT2D eigenvalue weighted by Crippen LogP contribution is -2.18. The Morgan fingerprint density at radius 3 is 1.63 bits per heavy atom. The van der Waals surface area contributed by atoms with Gasteiger partial charge < -0.3 is 0 Å². The molecule has 0 aromatic rings. The van der Waals surface area contributed by atoms with E-state index in [0.717, 1.165) is 11.5 Å². The largest absolute Gasteiger partial charge is 0.229 e. The molecule has 0 saturated carbocycles. The maximum atomic E-state index is 11.8. The van der Waals surface area contributed by atoms with Gasteiger partial charge >= 0.3 is 0 Å². The molecule has 0 spiro atoms. The second-order valence-corrected chi connectivity index (χ2v) is 10.2. The summed E-state index contributed by atoms with van der Waals surface area (Å²) < 4.78 is 23.6. The van der Waals surface area contributed by atoms with Crippen molar-refractivity contribution in [2.75, 3.05) is 23.0 Å². The average molecular weight is 325 g/mol. The summed E-state index contributed by atoms with van der Waals surface area (Å²) in [6, 6.07) is 0. The van der Waals surface area contributed by atoms with E-state index in [1.807, 2.05) is 23.5 Å². The Labute approximate surface area is 127 Å². The van der Waals surface area contributed by atoms with Crippen molar-refractivity contribution in [3.8, 4) is 0 Å². The summed E-state index contributed by atoms with van der Waals surface area (Å²) in [5.74, 6) is 3.07. The maximum absolute atomic E-state index is 11.8. The van der Waals surface area contributed by atoms with Crippen LogP contribution in [0.5, 0.6) is 0 Å². The standard InChI is InChI=1S/C14H28O2S3/c1-3-5-7-9-17-13-11-19(15,16)12-14(13)18-10-8-6-4-2/h13-14H,3-12H2,1-2H3/t13-,14+. The number of thioether (sulfide) groups is 2. The Hall–Kier alpha value is 0.650. The zero-order chi connectivity index (χ0) is 14.1. The van der Waals surface area contributed by atoms with E-state index in [4.69, 9.17) is 0 Å². The molecule has 0 bridgehead atoms. The van der Waals surface area contributed by atoms with Crippen molar-refractivity contribution in [1.29, 1.82) is 0 Å². The summed E-state index contributed by atoms with van der Waals surface area (Å²) >= 11 is 3.80. The summed E-state index contributed by atoms with van der Waals surface area (Å²) in [6.07, 6.45) is 7.45. The van der Waals surface area contributed by atoms with Crippen LogP contribution in [0.15, 0.2) is 0 Å². The van der Waals surface area contributed by atoms with Crippen molar-refractivity contribution in [2.45, 2.75) is 62.9 Å². The number of hydrogen-bond donors (Lipinski definition) is 0. The first kappa shape index (κ1) is 17.7. The van der Waals surface area contributed by atoms with Crippen molar-refractivity contribution >= 4 is 33.4 Å². The highest BCUT2D eigenvalue weighted by Gasteiger charge is 2.37. The molecule has 0 aromatic heterocycles. The SMILES string of the molecule is CCCCCS[C@H]1CS(=O)(=O)C[C@H]1SCCCCC. The highest BCUT2D eigenvalue weighted by Crippen LogP contribution is 2.34. The van der Waals surface area contributed by atoms with Crippen LogP contribution in [-0.4, -0.2) is 41.9 Å².